The summed E-state index contributed by atoms with van der Waals surface area (Å²) in [4.78, 5) is 24.0. The number of rotatable bonds is 3. The van der Waals surface area contributed by atoms with Gasteiger partial charge in [-0.1, -0.05) is 6.07 Å². The molecule has 5 heterocycles. The molecule has 1 atom stereocenters. The Balaban J connectivity index is 1.09. The lowest BCUT2D eigenvalue weighted by Gasteiger charge is -2.36. The molecular weight excluding hydrogens is 494 g/mol. The van der Waals surface area contributed by atoms with Crippen LogP contribution >= 0.6 is 0 Å². The van der Waals surface area contributed by atoms with E-state index in [9.17, 15) is 4.79 Å². The van der Waals surface area contributed by atoms with Crippen LogP contribution in [0.3, 0.4) is 0 Å². The molecule has 2 aromatic rings. The van der Waals surface area contributed by atoms with Crippen LogP contribution in [0, 0.1) is 0 Å². The van der Waals surface area contributed by atoms with Gasteiger partial charge in [-0.15, -0.1) is 0 Å². The Morgan fingerprint density at radius 3 is 2.62 bits per heavy atom. The van der Waals surface area contributed by atoms with Crippen molar-refractivity contribution >= 4 is 23.3 Å². The number of carbonyl (C=O) groups excluding carboxylic acids is 1. The van der Waals surface area contributed by atoms with E-state index in [1.807, 2.05) is 31.9 Å². The lowest BCUT2D eigenvalue weighted by atomic mass is 9.88. The zero-order valence-electron chi connectivity index (χ0n) is 23.4. The minimum absolute atomic E-state index is 0.187. The lowest BCUT2D eigenvalue weighted by molar-refractivity contribution is 0.0276. The Hall–Kier alpha value is -3.04. The third-order valence-electron chi connectivity index (χ3n) is 8.34. The van der Waals surface area contributed by atoms with Crippen LogP contribution in [0.25, 0.3) is 0 Å². The summed E-state index contributed by atoms with van der Waals surface area (Å²) < 4.78 is 17.4. The lowest BCUT2D eigenvalue weighted by Crippen LogP contribution is -2.43. The van der Waals surface area contributed by atoms with E-state index in [4.69, 9.17) is 14.2 Å². The monoisotopic (exact) mass is 535 g/mol. The third-order valence-corrected chi connectivity index (χ3v) is 8.34. The number of morpholine rings is 1. The maximum atomic E-state index is 12.5. The number of benzene rings is 1. The van der Waals surface area contributed by atoms with Crippen LogP contribution in [0.5, 0.6) is 5.75 Å². The highest BCUT2D eigenvalue weighted by Gasteiger charge is 2.35. The van der Waals surface area contributed by atoms with Gasteiger partial charge in [-0.25, -0.2) is 9.78 Å². The first kappa shape index (κ1) is 26.2. The van der Waals surface area contributed by atoms with Crippen molar-refractivity contribution in [1.29, 1.82) is 0 Å². The molecule has 39 heavy (non-hydrogen) atoms. The van der Waals surface area contributed by atoms with Gasteiger partial charge in [0.1, 0.15) is 23.8 Å². The second-order valence-electron chi connectivity index (χ2n) is 12.1. The number of hydrogen-bond donors (Lipinski definition) is 1. The van der Waals surface area contributed by atoms with Crippen LogP contribution in [0.2, 0.25) is 0 Å². The highest BCUT2D eigenvalue weighted by Crippen LogP contribution is 2.40. The fourth-order valence-electron chi connectivity index (χ4n) is 6.27. The Kier molecular flexibility index (Phi) is 7.29. The summed E-state index contributed by atoms with van der Waals surface area (Å²) in [6, 6.07) is 9.10. The average Bonchev–Trinajstić information content (AvgIpc) is 3.35. The molecule has 0 spiro atoms. The molecule has 6 rings (SSSR count). The van der Waals surface area contributed by atoms with E-state index in [1.54, 1.807) is 0 Å². The van der Waals surface area contributed by atoms with Gasteiger partial charge in [-0.3, -0.25) is 4.90 Å². The first-order valence-electron chi connectivity index (χ1n) is 14.4. The van der Waals surface area contributed by atoms with E-state index in [2.05, 4.69) is 44.4 Å². The van der Waals surface area contributed by atoms with Gasteiger partial charge in [0, 0.05) is 44.1 Å². The normalized spacial score (nSPS) is 22.4. The quantitative estimate of drug-likeness (QED) is 0.604. The summed E-state index contributed by atoms with van der Waals surface area (Å²) in [5.41, 5.74) is 4.16. The number of aromatic nitrogens is 1. The molecular formula is C30H41N5O4. The number of anilines is 3. The van der Waals surface area contributed by atoms with Crippen LogP contribution in [-0.2, 0) is 16.1 Å². The van der Waals surface area contributed by atoms with Gasteiger partial charge >= 0.3 is 6.09 Å². The Bertz CT molecular complexity index is 1180. The Labute approximate surface area is 231 Å². The van der Waals surface area contributed by atoms with E-state index < -0.39 is 5.60 Å². The van der Waals surface area contributed by atoms with E-state index in [0.29, 0.717) is 18.6 Å². The molecule has 4 aliphatic heterocycles. The van der Waals surface area contributed by atoms with Crippen molar-refractivity contribution in [3.63, 3.8) is 0 Å². The smallest absolute Gasteiger partial charge is 0.410 e. The molecule has 3 saturated heterocycles. The number of piperidine rings is 1. The molecule has 0 bridgehead atoms. The SMILES string of the molecule is CC(C)(C)OC(=O)N1CC[C@H](N2CCC(c3ccc4c(c3)Nc3nccc(N5CCOCC5)c3CO4)CC2)C1. The molecule has 1 aromatic heterocycles. The summed E-state index contributed by atoms with van der Waals surface area (Å²) in [6.45, 7) is 13.2. The Morgan fingerprint density at radius 2 is 1.85 bits per heavy atom. The summed E-state index contributed by atoms with van der Waals surface area (Å²) in [5.74, 6) is 2.25. The van der Waals surface area contributed by atoms with Gasteiger partial charge in [-0.05, 0) is 82.8 Å². The zero-order valence-corrected chi connectivity index (χ0v) is 23.4. The number of pyridine rings is 1. The van der Waals surface area contributed by atoms with Crippen LogP contribution in [-0.4, -0.2) is 85.0 Å². The van der Waals surface area contributed by atoms with Crippen LogP contribution in [0.15, 0.2) is 30.5 Å². The molecule has 3 fully saturated rings. The van der Waals surface area contributed by atoms with Gasteiger partial charge < -0.3 is 29.3 Å². The van der Waals surface area contributed by atoms with Crippen molar-refractivity contribution in [2.45, 2.75) is 64.2 Å². The third kappa shape index (κ3) is 5.79. The van der Waals surface area contributed by atoms with Crippen molar-refractivity contribution in [2.75, 3.05) is 62.7 Å². The maximum absolute atomic E-state index is 12.5. The summed E-state index contributed by atoms with van der Waals surface area (Å²) in [7, 11) is 0. The van der Waals surface area contributed by atoms with Crippen molar-refractivity contribution in [3.05, 3.63) is 41.6 Å². The predicted octanol–water partition coefficient (Wildman–Crippen LogP) is 4.74. The Morgan fingerprint density at radius 1 is 1.05 bits per heavy atom. The number of hydrogen-bond acceptors (Lipinski definition) is 8. The fourth-order valence-corrected chi connectivity index (χ4v) is 6.27. The average molecular weight is 536 g/mol. The number of ether oxygens (including phenoxy) is 3. The zero-order chi connectivity index (χ0) is 27.0. The second kappa shape index (κ2) is 10.8. The van der Waals surface area contributed by atoms with Gasteiger partial charge in [0.2, 0.25) is 0 Å². The van der Waals surface area contributed by atoms with Gasteiger partial charge in [0.25, 0.3) is 0 Å². The van der Waals surface area contributed by atoms with Gasteiger partial charge in [0.15, 0.2) is 0 Å². The van der Waals surface area contributed by atoms with Crippen molar-refractivity contribution in [1.82, 2.24) is 14.8 Å². The highest BCUT2D eigenvalue weighted by atomic mass is 16.6. The number of amides is 1. The molecule has 1 amide bonds. The van der Waals surface area contributed by atoms with Gasteiger partial charge in [-0.2, -0.15) is 0 Å². The van der Waals surface area contributed by atoms with Crippen LogP contribution in [0.1, 0.15) is 57.1 Å². The number of fused-ring (bicyclic) bond motifs is 2. The number of carbonyl (C=O) groups is 1. The first-order chi connectivity index (χ1) is 18.8. The van der Waals surface area contributed by atoms with E-state index >= 15 is 0 Å². The summed E-state index contributed by atoms with van der Waals surface area (Å²) >= 11 is 0. The minimum Gasteiger partial charge on any atom is -0.487 e. The minimum atomic E-state index is -0.454. The molecule has 9 heteroatoms. The van der Waals surface area contributed by atoms with Crippen LogP contribution < -0.4 is 15.0 Å². The van der Waals surface area contributed by atoms with Crippen molar-refractivity contribution < 1.29 is 19.0 Å². The molecule has 0 unspecified atom stereocenters. The van der Waals surface area contributed by atoms with E-state index in [0.717, 1.165) is 94.6 Å². The molecule has 9 nitrogen and oxygen atoms in total. The largest absolute Gasteiger partial charge is 0.487 e. The number of likely N-dealkylation sites (tertiary alicyclic amines) is 2. The molecule has 4 aliphatic rings. The molecule has 1 N–H and O–H groups in total. The summed E-state index contributed by atoms with van der Waals surface area (Å²) in [5, 5.41) is 3.59. The first-order valence-corrected chi connectivity index (χ1v) is 14.4. The topological polar surface area (TPSA) is 79.4 Å². The van der Waals surface area contributed by atoms with Crippen LogP contribution in [0.4, 0.5) is 22.0 Å². The standard InChI is InChI=1S/C30H41N5O4/c1-30(2,3)39-29(36)35-13-9-23(19-35)33-11-7-21(8-12-33)22-4-5-27-25(18-22)32-28-24(20-38-27)26(6-10-31-28)34-14-16-37-17-15-34/h4-6,10,18,21,23H,7-9,11-17,19-20H2,1-3H3,(H,31,32)/t23-/m0/s1. The van der Waals surface area contributed by atoms with Gasteiger partial charge in [0.05, 0.1) is 24.5 Å². The number of nitrogens with zero attached hydrogens (tertiary/aromatic N) is 4. The highest BCUT2D eigenvalue weighted by molar-refractivity contribution is 5.73. The second-order valence-corrected chi connectivity index (χ2v) is 12.1. The van der Waals surface area contributed by atoms with E-state index in [1.165, 1.54) is 11.3 Å². The number of nitrogens with one attached hydrogen (secondary N) is 1. The molecule has 0 saturated carbocycles. The molecule has 210 valence electrons. The molecule has 0 radical (unpaired) electrons. The van der Waals surface area contributed by atoms with E-state index in [-0.39, 0.29) is 6.09 Å². The molecule has 0 aliphatic carbocycles. The van der Waals surface area contributed by atoms with Crippen molar-refractivity contribution in [2.24, 2.45) is 0 Å². The molecule has 1 aromatic carbocycles. The summed E-state index contributed by atoms with van der Waals surface area (Å²) in [6.07, 6.45) is 4.93. The predicted molar refractivity (Wildman–Crippen MR) is 151 cm³/mol. The maximum Gasteiger partial charge on any atom is 0.410 e. The fraction of sp³-hybridized carbons (Fsp3) is 0.600. The van der Waals surface area contributed by atoms with Crippen molar-refractivity contribution in [3.8, 4) is 5.75 Å².